The molecule has 0 radical (unpaired) electrons. The minimum absolute atomic E-state index is 0.00359. The number of carbonyl (C=O) groups excluding carboxylic acids is 1. The van der Waals surface area contributed by atoms with Crippen molar-refractivity contribution in [1.82, 2.24) is 5.32 Å². The van der Waals surface area contributed by atoms with Crippen LogP contribution in [-0.4, -0.2) is 31.4 Å². The van der Waals surface area contributed by atoms with Crippen molar-refractivity contribution in [1.29, 1.82) is 0 Å². The van der Waals surface area contributed by atoms with Crippen molar-refractivity contribution < 1.29 is 13.9 Å². The number of ether oxygens (including phenoxy) is 1. The molecule has 5 heteroatoms. The Balaban J connectivity index is 1.57. The highest BCUT2D eigenvalue weighted by molar-refractivity contribution is 8.00. The Morgan fingerprint density at radius 3 is 2.44 bits per heavy atom. The summed E-state index contributed by atoms with van der Waals surface area (Å²) in [5.74, 6) is 0.0572. The maximum Gasteiger partial charge on any atom is 0.230 e. The van der Waals surface area contributed by atoms with Crippen LogP contribution in [0.15, 0.2) is 59.5 Å². The molecule has 25 heavy (non-hydrogen) atoms. The second-order valence-corrected chi connectivity index (χ2v) is 7.33. The molecule has 1 amide bonds. The summed E-state index contributed by atoms with van der Waals surface area (Å²) in [6.07, 6.45) is 1.81. The van der Waals surface area contributed by atoms with Crippen molar-refractivity contribution in [3.8, 4) is 0 Å². The highest BCUT2D eigenvalue weighted by Gasteiger charge is 2.34. The second kappa shape index (κ2) is 8.50. The molecule has 1 aliphatic rings. The molecule has 0 atom stereocenters. The van der Waals surface area contributed by atoms with E-state index >= 15 is 0 Å². The summed E-state index contributed by atoms with van der Waals surface area (Å²) >= 11 is 1.42. The van der Waals surface area contributed by atoms with Gasteiger partial charge in [0.1, 0.15) is 5.82 Å². The van der Waals surface area contributed by atoms with Gasteiger partial charge < -0.3 is 10.1 Å². The van der Waals surface area contributed by atoms with Gasteiger partial charge in [-0.05, 0) is 42.7 Å². The Kier molecular flexibility index (Phi) is 6.10. The summed E-state index contributed by atoms with van der Waals surface area (Å²) in [4.78, 5) is 13.2. The molecule has 0 aromatic heterocycles. The second-order valence-electron chi connectivity index (χ2n) is 6.28. The fraction of sp³-hybridized carbons (Fsp3) is 0.350. The van der Waals surface area contributed by atoms with Gasteiger partial charge in [-0.3, -0.25) is 4.79 Å². The van der Waals surface area contributed by atoms with Crippen molar-refractivity contribution in [2.24, 2.45) is 0 Å². The third-order valence-electron chi connectivity index (χ3n) is 4.64. The minimum Gasteiger partial charge on any atom is -0.381 e. The first-order chi connectivity index (χ1) is 12.2. The molecule has 3 nitrogen and oxygen atoms in total. The van der Waals surface area contributed by atoms with Gasteiger partial charge >= 0.3 is 0 Å². The molecule has 1 fully saturated rings. The van der Waals surface area contributed by atoms with Gasteiger partial charge in [0.15, 0.2) is 0 Å². The minimum atomic E-state index is -0.266. The summed E-state index contributed by atoms with van der Waals surface area (Å²) in [5.41, 5.74) is 1.19. The zero-order valence-corrected chi connectivity index (χ0v) is 14.9. The van der Waals surface area contributed by atoms with Gasteiger partial charge in [-0.25, -0.2) is 4.39 Å². The van der Waals surface area contributed by atoms with Crippen LogP contribution in [-0.2, 0) is 14.9 Å². The Bertz CT molecular complexity index is 685. The van der Waals surface area contributed by atoms with Crippen LogP contribution in [0, 0.1) is 5.82 Å². The fourth-order valence-electron chi connectivity index (χ4n) is 3.12. The molecule has 0 spiro atoms. The molecule has 0 bridgehead atoms. The lowest BCUT2D eigenvalue weighted by molar-refractivity contribution is -0.119. The average molecular weight is 359 g/mol. The van der Waals surface area contributed by atoms with Crippen LogP contribution >= 0.6 is 11.8 Å². The van der Waals surface area contributed by atoms with E-state index in [0.717, 1.165) is 31.0 Å². The molecular formula is C20H22FNO2S. The van der Waals surface area contributed by atoms with Crippen LogP contribution in [0.1, 0.15) is 18.4 Å². The molecule has 132 valence electrons. The molecule has 0 aliphatic carbocycles. The molecular weight excluding hydrogens is 337 g/mol. The number of nitrogens with one attached hydrogen (secondary N) is 1. The van der Waals surface area contributed by atoms with Crippen molar-refractivity contribution in [2.75, 3.05) is 25.5 Å². The normalized spacial score (nSPS) is 16.4. The topological polar surface area (TPSA) is 38.3 Å². The van der Waals surface area contributed by atoms with E-state index in [1.807, 2.05) is 18.2 Å². The Labute approximate surface area is 152 Å². The summed E-state index contributed by atoms with van der Waals surface area (Å²) in [6, 6.07) is 16.6. The largest absolute Gasteiger partial charge is 0.381 e. The van der Waals surface area contributed by atoms with Gasteiger partial charge in [0, 0.05) is 30.1 Å². The number of rotatable bonds is 6. The smallest absolute Gasteiger partial charge is 0.230 e. The first-order valence-corrected chi connectivity index (χ1v) is 9.45. The number of thioether (sulfide) groups is 1. The summed E-state index contributed by atoms with van der Waals surface area (Å²) < 4.78 is 18.4. The zero-order chi connectivity index (χ0) is 17.5. The van der Waals surface area contributed by atoms with Gasteiger partial charge in [0.2, 0.25) is 5.91 Å². The lowest BCUT2D eigenvalue weighted by Gasteiger charge is -2.38. The van der Waals surface area contributed by atoms with Crippen molar-refractivity contribution in [2.45, 2.75) is 23.2 Å². The number of benzene rings is 2. The molecule has 0 saturated carbocycles. The first kappa shape index (κ1) is 18.0. The summed E-state index contributed by atoms with van der Waals surface area (Å²) in [7, 11) is 0. The SMILES string of the molecule is O=C(CSc1ccc(F)cc1)NCC1(c2ccccc2)CCOCC1. The quantitative estimate of drug-likeness (QED) is 0.798. The molecule has 1 saturated heterocycles. The van der Waals surface area contributed by atoms with Crippen molar-refractivity contribution in [3.63, 3.8) is 0 Å². The fourth-order valence-corrected chi connectivity index (χ4v) is 3.85. The highest BCUT2D eigenvalue weighted by atomic mass is 32.2. The number of amides is 1. The number of hydrogen-bond donors (Lipinski definition) is 1. The van der Waals surface area contributed by atoms with E-state index in [9.17, 15) is 9.18 Å². The van der Waals surface area contributed by atoms with E-state index in [1.54, 1.807) is 12.1 Å². The third-order valence-corrected chi connectivity index (χ3v) is 5.66. The van der Waals surface area contributed by atoms with Crippen LogP contribution < -0.4 is 5.32 Å². The van der Waals surface area contributed by atoms with E-state index in [-0.39, 0.29) is 17.1 Å². The van der Waals surface area contributed by atoms with E-state index in [4.69, 9.17) is 4.74 Å². The van der Waals surface area contributed by atoms with Gasteiger partial charge in [-0.2, -0.15) is 0 Å². The number of halogens is 1. The third kappa shape index (κ3) is 4.83. The van der Waals surface area contributed by atoms with Crippen molar-refractivity contribution >= 4 is 17.7 Å². The Hall–Kier alpha value is -1.85. The van der Waals surface area contributed by atoms with E-state index in [2.05, 4.69) is 17.4 Å². The van der Waals surface area contributed by atoms with Gasteiger partial charge in [-0.15, -0.1) is 11.8 Å². The maximum atomic E-state index is 12.9. The molecule has 1 N–H and O–H groups in total. The first-order valence-electron chi connectivity index (χ1n) is 8.46. The molecule has 0 unspecified atom stereocenters. The van der Waals surface area contributed by atoms with Crippen molar-refractivity contribution in [3.05, 3.63) is 66.0 Å². The highest BCUT2D eigenvalue weighted by Crippen LogP contribution is 2.34. The summed E-state index contributed by atoms with van der Waals surface area (Å²) in [6.45, 7) is 2.05. The molecule has 2 aromatic carbocycles. The molecule has 1 heterocycles. The Morgan fingerprint density at radius 1 is 1.08 bits per heavy atom. The van der Waals surface area contributed by atoms with Crippen LogP contribution in [0.2, 0.25) is 0 Å². The number of carbonyl (C=O) groups is 1. The molecule has 3 rings (SSSR count). The lowest BCUT2D eigenvalue weighted by Crippen LogP contribution is -2.45. The predicted molar refractivity (Wildman–Crippen MR) is 98.3 cm³/mol. The van der Waals surface area contributed by atoms with Crippen LogP contribution in [0.4, 0.5) is 4.39 Å². The van der Waals surface area contributed by atoms with Gasteiger partial charge in [-0.1, -0.05) is 30.3 Å². The van der Waals surface area contributed by atoms with E-state index in [0.29, 0.717) is 12.3 Å². The zero-order valence-electron chi connectivity index (χ0n) is 14.0. The van der Waals surface area contributed by atoms with Crippen LogP contribution in [0.25, 0.3) is 0 Å². The van der Waals surface area contributed by atoms with Crippen LogP contribution in [0.3, 0.4) is 0 Å². The standard InChI is InChI=1S/C20H22FNO2S/c21-17-6-8-18(9-7-17)25-14-19(23)22-15-20(10-12-24-13-11-20)16-4-2-1-3-5-16/h1-9H,10-15H2,(H,22,23). The van der Waals surface area contributed by atoms with Gasteiger partial charge in [0.05, 0.1) is 5.75 Å². The summed E-state index contributed by atoms with van der Waals surface area (Å²) in [5, 5.41) is 3.08. The van der Waals surface area contributed by atoms with Crippen LogP contribution in [0.5, 0.6) is 0 Å². The molecule has 1 aliphatic heterocycles. The van der Waals surface area contributed by atoms with E-state index < -0.39 is 0 Å². The Morgan fingerprint density at radius 2 is 1.76 bits per heavy atom. The maximum absolute atomic E-state index is 12.9. The van der Waals surface area contributed by atoms with E-state index in [1.165, 1.54) is 29.5 Å². The number of hydrogen-bond acceptors (Lipinski definition) is 3. The monoisotopic (exact) mass is 359 g/mol. The average Bonchev–Trinajstić information content (AvgIpc) is 2.67. The van der Waals surface area contributed by atoms with Gasteiger partial charge in [0.25, 0.3) is 0 Å². The molecule has 2 aromatic rings. The predicted octanol–water partition coefficient (Wildman–Crippen LogP) is 3.78. The lowest BCUT2D eigenvalue weighted by atomic mass is 9.74.